The molecule has 1 aromatic carbocycles. The average Bonchev–Trinajstić information content (AvgIpc) is 2.51. The highest BCUT2D eigenvalue weighted by atomic mass is 15.1. The molecule has 0 atom stereocenters. The van der Waals surface area contributed by atoms with E-state index in [2.05, 4.69) is 68.4 Å². The summed E-state index contributed by atoms with van der Waals surface area (Å²) in [6.07, 6.45) is 4.96. The Morgan fingerprint density at radius 1 is 1.05 bits per heavy atom. The monoisotopic (exact) mass is 276 g/mol. The first-order valence-electron chi connectivity index (χ1n) is 8.16. The minimum absolute atomic E-state index is 0.373. The molecular formula is C18H32N2. The third-order valence-corrected chi connectivity index (χ3v) is 4.48. The molecular weight excluding hydrogens is 244 g/mol. The molecule has 0 radical (unpaired) electrons. The molecule has 20 heavy (non-hydrogen) atoms. The molecule has 114 valence electrons. The van der Waals surface area contributed by atoms with Gasteiger partial charge in [0.15, 0.2) is 0 Å². The van der Waals surface area contributed by atoms with E-state index in [1.807, 2.05) is 0 Å². The molecule has 0 aliphatic carbocycles. The number of nitrogens with zero attached hydrogens (tertiary/aromatic N) is 1. The molecule has 2 nitrogen and oxygen atoms in total. The summed E-state index contributed by atoms with van der Waals surface area (Å²) in [7, 11) is 2.07. The molecule has 2 heteroatoms. The number of para-hydroxylation sites is 1. The standard InChI is InChI=1S/C18H32N2/c1-5-8-14-20(17-12-10-9-11-13-17)16-18(6-2,7-3)15-19-4/h9-13,19H,5-8,14-16H2,1-4H3. The number of anilines is 1. The molecule has 1 rings (SSSR count). The first kappa shape index (κ1) is 17.0. The summed E-state index contributed by atoms with van der Waals surface area (Å²) in [5, 5.41) is 3.40. The van der Waals surface area contributed by atoms with E-state index in [1.54, 1.807) is 0 Å². The summed E-state index contributed by atoms with van der Waals surface area (Å²) in [4.78, 5) is 2.58. The van der Waals surface area contributed by atoms with Crippen LogP contribution in [0, 0.1) is 5.41 Å². The van der Waals surface area contributed by atoms with E-state index in [0.717, 1.165) is 19.6 Å². The summed E-state index contributed by atoms with van der Waals surface area (Å²) >= 11 is 0. The van der Waals surface area contributed by atoms with Gasteiger partial charge in [-0.1, -0.05) is 45.4 Å². The van der Waals surface area contributed by atoms with Crippen molar-refractivity contribution in [2.24, 2.45) is 5.41 Å². The van der Waals surface area contributed by atoms with Crippen molar-refractivity contribution in [2.45, 2.75) is 46.5 Å². The highest BCUT2D eigenvalue weighted by Crippen LogP contribution is 2.29. The van der Waals surface area contributed by atoms with Crippen LogP contribution in [0.2, 0.25) is 0 Å². The number of unbranched alkanes of at least 4 members (excludes halogenated alkanes) is 1. The SMILES string of the molecule is CCCCN(CC(CC)(CC)CNC)c1ccccc1. The van der Waals surface area contributed by atoms with E-state index in [-0.39, 0.29) is 0 Å². The van der Waals surface area contributed by atoms with Crippen LogP contribution in [0.1, 0.15) is 46.5 Å². The van der Waals surface area contributed by atoms with Gasteiger partial charge < -0.3 is 10.2 Å². The zero-order chi connectivity index (χ0) is 14.8. The molecule has 0 aliphatic rings. The summed E-state index contributed by atoms with van der Waals surface area (Å²) in [6, 6.07) is 10.9. The summed E-state index contributed by atoms with van der Waals surface area (Å²) in [5.74, 6) is 0. The second kappa shape index (κ2) is 9.02. The third kappa shape index (κ3) is 4.82. The van der Waals surface area contributed by atoms with Crippen LogP contribution in [-0.4, -0.2) is 26.7 Å². The van der Waals surface area contributed by atoms with Crippen LogP contribution in [0.5, 0.6) is 0 Å². The molecule has 1 aromatic rings. The molecule has 0 heterocycles. The predicted molar refractivity (Wildman–Crippen MR) is 90.5 cm³/mol. The molecule has 1 N–H and O–H groups in total. The van der Waals surface area contributed by atoms with Crippen molar-refractivity contribution in [1.29, 1.82) is 0 Å². The molecule has 0 fully saturated rings. The third-order valence-electron chi connectivity index (χ3n) is 4.48. The Labute approximate surface area is 125 Å². The fraction of sp³-hybridized carbons (Fsp3) is 0.667. The lowest BCUT2D eigenvalue weighted by atomic mass is 9.81. The van der Waals surface area contributed by atoms with Crippen molar-refractivity contribution in [1.82, 2.24) is 5.32 Å². The molecule has 0 saturated heterocycles. The average molecular weight is 276 g/mol. The van der Waals surface area contributed by atoms with Gasteiger partial charge in [-0.2, -0.15) is 0 Å². The van der Waals surface area contributed by atoms with Crippen LogP contribution in [-0.2, 0) is 0 Å². The van der Waals surface area contributed by atoms with Crippen LogP contribution >= 0.6 is 0 Å². The van der Waals surface area contributed by atoms with Crippen LogP contribution in [0.4, 0.5) is 5.69 Å². The highest BCUT2D eigenvalue weighted by molar-refractivity contribution is 5.46. The topological polar surface area (TPSA) is 15.3 Å². The van der Waals surface area contributed by atoms with Gasteiger partial charge in [-0.05, 0) is 43.9 Å². The number of hydrogen-bond acceptors (Lipinski definition) is 2. The van der Waals surface area contributed by atoms with Gasteiger partial charge in [-0.3, -0.25) is 0 Å². The summed E-state index contributed by atoms with van der Waals surface area (Å²) < 4.78 is 0. The maximum Gasteiger partial charge on any atom is 0.0366 e. The van der Waals surface area contributed by atoms with Gasteiger partial charge in [0.25, 0.3) is 0 Å². The molecule has 0 spiro atoms. The number of hydrogen-bond donors (Lipinski definition) is 1. The second-order valence-electron chi connectivity index (χ2n) is 5.85. The zero-order valence-electron chi connectivity index (χ0n) is 13.8. The Morgan fingerprint density at radius 3 is 2.20 bits per heavy atom. The molecule has 0 bridgehead atoms. The van der Waals surface area contributed by atoms with Crippen LogP contribution < -0.4 is 10.2 Å². The van der Waals surface area contributed by atoms with Gasteiger partial charge >= 0.3 is 0 Å². The predicted octanol–water partition coefficient (Wildman–Crippen LogP) is 4.32. The maximum absolute atomic E-state index is 3.40. The Hall–Kier alpha value is -1.02. The van der Waals surface area contributed by atoms with E-state index in [9.17, 15) is 0 Å². The highest BCUT2D eigenvalue weighted by Gasteiger charge is 2.28. The van der Waals surface area contributed by atoms with Gasteiger partial charge in [0, 0.05) is 25.3 Å². The van der Waals surface area contributed by atoms with E-state index in [1.165, 1.54) is 31.4 Å². The van der Waals surface area contributed by atoms with Crippen LogP contribution in [0.25, 0.3) is 0 Å². The first-order chi connectivity index (χ1) is 9.71. The van der Waals surface area contributed by atoms with Gasteiger partial charge in [-0.25, -0.2) is 0 Å². The van der Waals surface area contributed by atoms with Crippen molar-refractivity contribution in [3.8, 4) is 0 Å². The van der Waals surface area contributed by atoms with Crippen molar-refractivity contribution >= 4 is 5.69 Å². The van der Waals surface area contributed by atoms with Crippen molar-refractivity contribution in [2.75, 3.05) is 31.6 Å². The van der Waals surface area contributed by atoms with Crippen molar-refractivity contribution < 1.29 is 0 Å². The Bertz CT molecular complexity index is 344. The molecule has 0 unspecified atom stereocenters. The van der Waals surface area contributed by atoms with Crippen LogP contribution in [0.15, 0.2) is 30.3 Å². The number of benzene rings is 1. The van der Waals surface area contributed by atoms with Crippen LogP contribution in [0.3, 0.4) is 0 Å². The van der Waals surface area contributed by atoms with E-state index in [4.69, 9.17) is 0 Å². The molecule has 0 aliphatic heterocycles. The summed E-state index contributed by atoms with van der Waals surface area (Å²) in [6.45, 7) is 10.3. The normalized spacial score (nSPS) is 11.6. The van der Waals surface area contributed by atoms with Gasteiger partial charge in [0.05, 0.1) is 0 Å². The Kier molecular flexibility index (Phi) is 7.68. The molecule has 0 aromatic heterocycles. The largest absolute Gasteiger partial charge is 0.371 e. The quantitative estimate of drug-likeness (QED) is 0.684. The number of rotatable bonds is 10. The first-order valence-corrected chi connectivity index (χ1v) is 8.16. The smallest absolute Gasteiger partial charge is 0.0366 e. The fourth-order valence-corrected chi connectivity index (χ4v) is 2.85. The van der Waals surface area contributed by atoms with Crippen molar-refractivity contribution in [3.05, 3.63) is 30.3 Å². The van der Waals surface area contributed by atoms with Gasteiger partial charge in [0.1, 0.15) is 0 Å². The maximum atomic E-state index is 3.40. The fourth-order valence-electron chi connectivity index (χ4n) is 2.85. The minimum atomic E-state index is 0.373. The van der Waals surface area contributed by atoms with E-state index in [0.29, 0.717) is 5.41 Å². The zero-order valence-corrected chi connectivity index (χ0v) is 13.8. The Balaban J connectivity index is 2.87. The molecule has 0 saturated carbocycles. The van der Waals surface area contributed by atoms with E-state index < -0.39 is 0 Å². The van der Waals surface area contributed by atoms with Gasteiger partial charge in [0.2, 0.25) is 0 Å². The summed E-state index contributed by atoms with van der Waals surface area (Å²) in [5.41, 5.74) is 1.74. The minimum Gasteiger partial charge on any atom is -0.371 e. The Morgan fingerprint density at radius 2 is 1.70 bits per heavy atom. The lowest BCUT2D eigenvalue weighted by Gasteiger charge is -2.38. The number of nitrogens with one attached hydrogen (secondary N) is 1. The molecule has 0 amide bonds. The van der Waals surface area contributed by atoms with Gasteiger partial charge in [-0.15, -0.1) is 0 Å². The lowest BCUT2D eigenvalue weighted by molar-refractivity contribution is 0.258. The van der Waals surface area contributed by atoms with Crippen molar-refractivity contribution in [3.63, 3.8) is 0 Å². The second-order valence-corrected chi connectivity index (χ2v) is 5.85. The van der Waals surface area contributed by atoms with E-state index >= 15 is 0 Å². The lowest BCUT2D eigenvalue weighted by Crippen LogP contribution is -2.43.